The standard InChI is InChI=1S/C16H21ClN6O/c17-14-3-1-5-19-15(14)23-9-4-13(11-23)21-16(24)20-6-2-8-22-10-7-18-12-22/h1,3,5,7,10,12-13H,2,4,6,8-9,11H2,(H2,20,21,24). The molecule has 1 aliphatic rings. The lowest BCUT2D eigenvalue weighted by atomic mass is 10.3. The molecule has 0 aliphatic carbocycles. The van der Waals surface area contributed by atoms with Gasteiger partial charge in [0.1, 0.15) is 5.82 Å². The number of aromatic nitrogens is 3. The number of aryl methyl sites for hydroxylation is 1. The highest BCUT2D eigenvalue weighted by Gasteiger charge is 2.25. The van der Waals surface area contributed by atoms with E-state index in [4.69, 9.17) is 11.6 Å². The molecular weight excluding hydrogens is 328 g/mol. The number of rotatable bonds is 6. The smallest absolute Gasteiger partial charge is 0.315 e. The van der Waals surface area contributed by atoms with Gasteiger partial charge >= 0.3 is 6.03 Å². The molecule has 0 radical (unpaired) electrons. The summed E-state index contributed by atoms with van der Waals surface area (Å²) in [5.41, 5.74) is 0. The second kappa shape index (κ2) is 8.01. The summed E-state index contributed by atoms with van der Waals surface area (Å²) < 4.78 is 1.99. The molecule has 0 spiro atoms. The predicted octanol–water partition coefficient (Wildman–Crippen LogP) is 1.90. The molecule has 2 aromatic rings. The normalized spacial score (nSPS) is 17.0. The molecule has 1 saturated heterocycles. The molecule has 8 heteroatoms. The molecule has 7 nitrogen and oxygen atoms in total. The number of hydrogen-bond donors (Lipinski definition) is 2. The van der Waals surface area contributed by atoms with E-state index in [1.807, 2.05) is 22.9 Å². The van der Waals surface area contributed by atoms with Gasteiger partial charge in [-0.3, -0.25) is 0 Å². The van der Waals surface area contributed by atoms with Crippen LogP contribution in [0.2, 0.25) is 5.02 Å². The largest absolute Gasteiger partial charge is 0.353 e. The van der Waals surface area contributed by atoms with Gasteiger partial charge in [0.25, 0.3) is 0 Å². The van der Waals surface area contributed by atoms with Gasteiger partial charge in [-0.1, -0.05) is 11.6 Å². The molecule has 3 heterocycles. The monoisotopic (exact) mass is 348 g/mol. The van der Waals surface area contributed by atoms with Gasteiger partial charge in [-0.2, -0.15) is 0 Å². The number of nitrogens with one attached hydrogen (secondary N) is 2. The van der Waals surface area contributed by atoms with Crippen LogP contribution in [0.5, 0.6) is 0 Å². The van der Waals surface area contributed by atoms with Crippen LogP contribution in [0, 0.1) is 0 Å². The first-order valence-corrected chi connectivity index (χ1v) is 8.46. The summed E-state index contributed by atoms with van der Waals surface area (Å²) in [4.78, 5) is 22.4. The number of pyridine rings is 1. The highest BCUT2D eigenvalue weighted by molar-refractivity contribution is 6.32. The molecule has 2 amide bonds. The van der Waals surface area contributed by atoms with Crippen LogP contribution in [0.4, 0.5) is 10.6 Å². The maximum absolute atomic E-state index is 12.0. The zero-order valence-corrected chi connectivity index (χ0v) is 14.1. The Morgan fingerprint density at radius 1 is 1.42 bits per heavy atom. The Hall–Kier alpha value is -2.28. The number of urea groups is 1. The summed E-state index contributed by atoms with van der Waals surface area (Å²) in [6.07, 6.45) is 8.92. The second-order valence-corrected chi connectivity index (χ2v) is 6.20. The highest BCUT2D eigenvalue weighted by Crippen LogP contribution is 2.25. The summed E-state index contributed by atoms with van der Waals surface area (Å²) in [5, 5.41) is 6.54. The van der Waals surface area contributed by atoms with E-state index in [0.29, 0.717) is 11.6 Å². The minimum atomic E-state index is -0.125. The van der Waals surface area contributed by atoms with Gasteiger partial charge in [-0.15, -0.1) is 0 Å². The Morgan fingerprint density at radius 2 is 2.33 bits per heavy atom. The molecular formula is C16H21ClN6O. The zero-order valence-electron chi connectivity index (χ0n) is 13.4. The Labute approximate surface area is 146 Å². The average molecular weight is 349 g/mol. The Bertz CT molecular complexity index is 662. The maximum Gasteiger partial charge on any atom is 0.315 e. The zero-order chi connectivity index (χ0) is 16.8. The molecule has 2 aromatic heterocycles. The number of hydrogen-bond acceptors (Lipinski definition) is 4. The number of halogens is 1. The molecule has 1 aliphatic heterocycles. The van der Waals surface area contributed by atoms with Crippen LogP contribution in [0.1, 0.15) is 12.8 Å². The van der Waals surface area contributed by atoms with Gasteiger partial charge in [-0.05, 0) is 25.0 Å². The van der Waals surface area contributed by atoms with Crippen LogP contribution in [0.25, 0.3) is 0 Å². The lowest BCUT2D eigenvalue weighted by molar-refractivity contribution is 0.237. The van der Waals surface area contributed by atoms with Crippen LogP contribution < -0.4 is 15.5 Å². The van der Waals surface area contributed by atoms with Gasteiger partial charge in [-0.25, -0.2) is 14.8 Å². The molecule has 1 unspecified atom stereocenters. The molecule has 1 atom stereocenters. The summed E-state index contributed by atoms with van der Waals surface area (Å²) in [6.45, 7) is 3.03. The third kappa shape index (κ3) is 4.38. The first-order chi connectivity index (χ1) is 11.7. The summed E-state index contributed by atoms with van der Waals surface area (Å²) in [5.74, 6) is 0.782. The van der Waals surface area contributed by atoms with E-state index in [2.05, 4.69) is 25.5 Å². The third-order valence-electron chi connectivity index (χ3n) is 4.00. The molecule has 0 saturated carbocycles. The Morgan fingerprint density at radius 3 is 3.12 bits per heavy atom. The molecule has 0 aromatic carbocycles. The van der Waals surface area contributed by atoms with Gasteiger partial charge in [0.05, 0.1) is 11.3 Å². The topological polar surface area (TPSA) is 75.1 Å². The second-order valence-electron chi connectivity index (χ2n) is 5.79. The average Bonchev–Trinajstić information content (AvgIpc) is 3.24. The summed E-state index contributed by atoms with van der Waals surface area (Å²) in [6, 6.07) is 3.63. The van der Waals surface area contributed by atoms with Gasteiger partial charge in [0, 0.05) is 50.8 Å². The van der Waals surface area contributed by atoms with Gasteiger partial charge in [0.2, 0.25) is 0 Å². The van der Waals surface area contributed by atoms with Crippen molar-refractivity contribution in [1.82, 2.24) is 25.2 Å². The number of carbonyl (C=O) groups excluding carboxylic acids is 1. The minimum Gasteiger partial charge on any atom is -0.353 e. The Balaban J connectivity index is 1.37. The van der Waals surface area contributed by atoms with Crippen molar-refractivity contribution in [2.24, 2.45) is 0 Å². The quantitative estimate of drug-likeness (QED) is 0.782. The highest BCUT2D eigenvalue weighted by atomic mass is 35.5. The number of anilines is 1. The van der Waals surface area contributed by atoms with Crippen LogP contribution in [-0.4, -0.2) is 46.2 Å². The van der Waals surface area contributed by atoms with Crippen molar-refractivity contribution >= 4 is 23.4 Å². The van der Waals surface area contributed by atoms with Crippen LogP contribution in [0.15, 0.2) is 37.1 Å². The van der Waals surface area contributed by atoms with Crippen molar-refractivity contribution in [2.75, 3.05) is 24.5 Å². The molecule has 0 bridgehead atoms. The van der Waals surface area contributed by atoms with Gasteiger partial charge < -0.3 is 20.1 Å². The van der Waals surface area contributed by atoms with Gasteiger partial charge in [0.15, 0.2) is 0 Å². The molecule has 2 N–H and O–H groups in total. The Kier molecular flexibility index (Phi) is 5.53. The van der Waals surface area contributed by atoms with Crippen LogP contribution >= 0.6 is 11.6 Å². The molecule has 24 heavy (non-hydrogen) atoms. The SMILES string of the molecule is O=C(NCCCn1ccnc1)NC1CCN(c2ncccc2Cl)C1. The molecule has 128 valence electrons. The maximum atomic E-state index is 12.0. The molecule has 1 fully saturated rings. The van der Waals surface area contributed by atoms with E-state index in [1.54, 1.807) is 18.7 Å². The summed E-state index contributed by atoms with van der Waals surface area (Å²) >= 11 is 6.17. The van der Waals surface area contributed by atoms with Crippen molar-refractivity contribution in [3.8, 4) is 0 Å². The number of carbonyl (C=O) groups is 1. The summed E-state index contributed by atoms with van der Waals surface area (Å²) in [7, 11) is 0. The number of nitrogens with zero attached hydrogens (tertiary/aromatic N) is 4. The van der Waals surface area contributed by atoms with E-state index in [0.717, 1.165) is 38.3 Å². The van der Waals surface area contributed by atoms with Crippen LogP contribution in [-0.2, 0) is 6.54 Å². The number of imidazole rings is 1. The first-order valence-electron chi connectivity index (χ1n) is 8.08. The predicted molar refractivity (Wildman–Crippen MR) is 93.2 cm³/mol. The van der Waals surface area contributed by atoms with Crippen molar-refractivity contribution in [3.05, 3.63) is 42.1 Å². The van der Waals surface area contributed by atoms with E-state index in [1.165, 1.54) is 0 Å². The fourth-order valence-corrected chi connectivity index (χ4v) is 3.04. The van der Waals surface area contributed by atoms with Crippen molar-refractivity contribution in [3.63, 3.8) is 0 Å². The van der Waals surface area contributed by atoms with E-state index in [9.17, 15) is 4.79 Å². The van der Waals surface area contributed by atoms with Crippen LogP contribution in [0.3, 0.4) is 0 Å². The number of amides is 2. The lowest BCUT2D eigenvalue weighted by Crippen LogP contribution is -2.43. The third-order valence-corrected chi connectivity index (χ3v) is 4.29. The van der Waals surface area contributed by atoms with E-state index in [-0.39, 0.29) is 12.1 Å². The lowest BCUT2D eigenvalue weighted by Gasteiger charge is -2.19. The van der Waals surface area contributed by atoms with Crippen molar-refractivity contribution in [2.45, 2.75) is 25.4 Å². The van der Waals surface area contributed by atoms with E-state index >= 15 is 0 Å². The van der Waals surface area contributed by atoms with E-state index < -0.39 is 0 Å². The fraction of sp³-hybridized carbons (Fsp3) is 0.438. The first kappa shape index (κ1) is 16.6. The van der Waals surface area contributed by atoms with Crippen molar-refractivity contribution < 1.29 is 4.79 Å². The minimum absolute atomic E-state index is 0.108. The van der Waals surface area contributed by atoms with Crippen molar-refractivity contribution in [1.29, 1.82) is 0 Å². The molecule has 3 rings (SSSR count). The fourth-order valence-electron chi connectivity index (χ4n) is 2.80.